The molecular formula is C12H14F2N2O3. The Labute approximate surface area is 108 Å². The van der Waals surface area contributed by atoms with Crippen molar-refractivity contribution >= 4 is 5.84 Å². The summed E-state index contributed by atoms with van der Waals surface area (Å²) in [5, 5.41) is 11.1. The number of halogens is 2. The predicted octanol–water partition coefficient (Wildman–Crippen LogP) is 1.47. The first-order valence-corrected chi connectivity index (χ1v) is 5.79. The Hall–Kier alpha value is -1.89. The van der Waals surface area contributed by atoms with Crippen LogP contribution in [0.4, 0.5) is 8.78 Å². The van der Waals surface area contributed by atoms with Gasteiger partial charge in [0, 0.05) is 18.1 Å². The predicted molar refractivity (Wildman–Crippen MR) is 63.3 cm³/mol. The zero-order valence-electron chi connectivity index (χ0n) is 10.1. The molecule has 0 spiro atoms. The quantitative estimate of drug-likeness (QED) is 0.376. The number of oxime groups is 1. The van der Waals surface area contributed by atoms with Crippen LogP contribution in [-0.4, -0.2) is 30.9 Å². The normalized spacial score (nSPS) is 19.7. The number of hydrogen-bond donors (Lipinski definition) is 2. The van der Waals surface area contributed by atoms with Crippen molar-refractivity contribution in [2.75, 3.05) is 19.8 Å². The van der Waals surface area contributed by atoms with Crippen molar-refractivity contribution in [3.05, 3.63) is 29.3 Å². The molecule has 1 saturated heterocycles. The molecular weight excluding hydrogens is 258 g/mol. The highest BCUT2D eigenvalue weighted by Gasteiger charge is 2.19. The minimum atomic E-state index is -0.888. The highest BCUT2D eigenvalue weighted by molar-refractivity contribution is 5.97. The minimum Gasteiger partial charge on any atom is -0.487 e. The van der Waals surface area contributed by atoms with E-state index in [0.29, 0.717) is 13.2 Å². The van der Waals surface area contributed by atoms with E-state index in [4.69, 9.17) is 20.4 Å². The summed E-state index contributed by atoms with van der Waals surface area (Å²) in [6, 6.07) is 1.91. The van der Waals surface area contributed by atoms with Crippen LogP contribution in [0.25, 0.3) is 0 Å². The lowest BCUT2D eigenvalue weighted by Crippen LogP contribution is -2.16. The molecule has 1 atom stereocenters. The number of benzene rings is 1. The number of nitrogens with zero attached hydrogens (tertiary/aromatic N) is 1. The summed E-state index contributed by atoms with van der Waals surface area (Å²) < 4.78 is 37.7. The number of hydrogen-bond acceptors (Lipinski definition) is 4. The topological polar surface area (TPSA) is 77.1 Å². The van der Waals surface area contributed by atoms with Crippen molar-refractivity contribution in [1.29, 1.82) is 0 Å². The molecule has 5 nitrogen and oxygen atoms in total. The van der Waals surface area contributed by atoms with Gasteiger partial charge in [-0.3, -0.25) is 0 Å². The van der Waals surface area contributed by atoms with Crippen molar-refractivity contribution in [2.24, 2.45) is 16.8 Å². The van der Waals surface area contributed by atoms with Crippen LogP contribution in [0.15, 0.2) is 17.3 Å². The molecule has 0 radical (unpaired) electrons. The third kappa shape index (κ3) is 3.11. The molecule has 1 fully saturated rings. The third-order valence-corrected chi connectivity index (χ3v) is 2.89. The largest absolute Gasteiger partial charge is 0.487 e. The van der Waals surface area contributed by atoms with Crippen LogP contribution in [0.1, 0.15) is 12.0 Å². The molecule has 1 heterocycles. The van der Waals surface area contributed by atoms with Crippen LogP contribution in [0.3, 0.4) is 0 Å². The Kier molecular flexibility index (Phi) is 4.16. The summed E-state index contributed by atoms with van der Waals surface area (Å²) >= 11 is 0. The van der Waals surface area contributed by atoms with Crippen LogP contribution >= 0.6 is 0 Å². The Morgan fingerprint density at radius 2 is 2.16 bits per heavy atom. The molecule has 3 N–H and O–H groups in total. The van der Waals surface area contributed by atoms with Crippen molar-refractivity contribution in [1.82, 2.24) is 0 Å². The van der Waals surface area contributed by atoms with Gasteiger partial charge in [0.15, 0.2) is 23.2 Å². The van der Waals surface area contributed by atoms with Gasteiger partial charge < -0.3 is 20.4 Å². The zero-order valence-corrected chi connectivity index (χ0v) is 10.1. The van der Waals surface area contributed by atoms with Crippen molar-refractivity contribution in [3.63, 3.8) is 0 Å². The standard InChI is InChI=1S/C12H14F2N2O3/c13-9-3-8(12(15)16-17)4-10(14)11(9)19-6-7-1-2-18-5-7/h3-4,7,17H,1-2,5-6H2,(H2,15,16). The van der Waals surface area contributed by atoms with Crippen molar-refractivity contribution in [3.8, 4) is 5.75 Å². The van der Waals surface area contributed by atoms with Gasteiger partial charge >= 0.3 is 0 Å². The molecule has 1 aliphatic heterocycles. The maximum absolute atomic E-state index is 13.7. The van der Waals surface area contributed by atoms with Crippen LogP contribution in [0.5, 0.6) is 5.75 Å². The van der Waals surface area contributed by atoms with Gasteiger partial charge in [0.2, 0.25) is 0 Å². The molecule has 19 heavy (non-hydrogen) atoms. The van der Waals surface area contributed by atoms with Gasteiger partial charge in [-0.05, 0) is 18.6 Å². The maximum atomic E-state index is 13.7. The van der Waals surface area contributed by atoms with Crippen LogP contribution in [-0.2, 0) is 4.74 Å². The summed E-state index contributed by atoms with van der Waals surface area (Å²) in [4.78, 5) is 0. The second-order valence-electron chi connectivity index (χ2n) is 4.29. The summed E-state index contributed by atoms with van der Waals surface area (Å²) in [7, 11) is 0. The fraction of sp³-hybridized carbons (Fsp3) is 0.417. The van der Waals surface area contributed by atoms with E-state index in [1.165, 1.54) is 0 Å². The second kappa shape index (κ2) is 5.83. The summed E-state index contributed by atoms with van der Waals surface area (Å²) in [6.07, 6.45) is 0.811. The van der Waals surface area contributed by atoms with E-state index in [2.05, 4.69) is 5.16 Å². The molecule has 1 aromatic carbocycles. The first-order chi connectivity index (χ1) is 9.11. The van der Waals surface area contributed by atoms with Gasteiger partial charge in [0.1, 0.15) is 0 Å². The van der Waals surface area contributed by atoms with E-state index in [1.807, 2.05) is 0 Å². The molecule has 1 aromatic rings. The van der Waals surface area contributed by atoms with Gasteiger partial charge in [-0.2, -0.15) is 0 Å². The number of amidine groups is 1. The Bertz CT molecular complexity index is 465. The average Bonchev–Trinajstić information content (AvgIpc) is 2.89. The number of nitrogens with two attached hydrogens (primary N) is 1. The lowest BCUT2D eigenvalue weighted by molar-refractivity contribution is 0.163. The molecule has 7 heteroatoms. The van der Waals surface area contributed by atoms with Crippen LogP contribution in [0, 0.1) is 17.6 Å². The number of rotatable bonds is 4. The Balaban J connectivity index is 2.12. The summed E-state index contributed by atoms with van der Waals surface area (Å²) in [6.45, 7) is 1.36. The van der Waals surface area contributed by atoms with Gasteiger partial charge in [-0.25, -0.2) is 8.78 Å². The molecule has 0 aliphatic carbocycles. The highest BCUT2D eigenvalue weighted by Crippen LogP contribution is 2.25. The van der Waals surface area contributed by atoms with E-state index in [1.54, 1.807) is 0 Å². The lowest BCUT2D eigenvalue weighted by Gasteiger charge is -2.12. The first kappa shape index (κ1) is 13.5. The summed E-state index contributed by atoms with van der Waals surface area (Å²) in [5.41, 5.74) is 5.22. The van der Waals surface area contributed by atoms with Crippen LogP contribution in [0.2, 0.25) is 0 Å². The zero-order chi connectivity index (χ0) is 13.8. The number of ether oxygens (including phenoxy) is 2. The van der Waals surface area contributed by atoms with Gasteiger partial charge in [0.05, 0.1) is 13.2 Å². The molecule has 1 aliphatic rings. The third-order valence-electron chi connectivity index (χ3n) is 2.89. The van der Waals surface area contributed by atoms with E-state index in [0.717, 1.165) is 18.6 Å². The van der Waals surface area contributed by atoms with Crippen molar-refractivity contribution in [2.45, 2.75) is 6.42 Å². The average molecular weight is 272 g/mol. The van der Waals surface area contributed by atoms with Gasteiger partial charge in [-0.15, -0.1) is 0 Å². The van der Waals surface area contributed by atoms with E-state index in [9.17, 15) is 8.78 Å². The van der Waals surface area contributed by atoms with E-state index < -0.39 is 17.4 Å². The molecule has 0 amide bonds. The molecule has 1 unspecified atom stereocenters. The van der Waals surface area contributed by atoms with Gasteiger partial charge in [-0.1, -0.05) is 5.16 Å². The maximum Gasteiger partial charge on any atom is 0.190 e. The second-order valence-corrected chi connectivity index (χ2v) is 4.29. The fourth-order valence-electron chi connectivity index (χ4n) is 1.82. The SMILES string of the molecule is N/C(=N/O)c1cc(F)c(OCC2CCOC2)c(F)c1. The van der Waals surface area contributed by atoms with E-state index in [-0.39, 0.29) is 23.9 Å². The molecule has 104 valence electrons. The Morgan fingerprint density at radius 3 is 2.68 bits per heavy atom. The molecule has 2 rings (SSSR count). The molecule has 0 saturated carbocycles. The molecule has 0 bridgehead atoms. The minimum absolute atomic E-state index is 0.0472. The molecule has 0 aromatic heterocycles. The monoisotopic (exact) mass is 272 g/mol. The van der Waals surface area contributed by atoms with Crippen molar-refractivity contribution < 1.29 is 23.5 Å². The van der Waals surface area contributed by atoms with Gasteiger partial charge in [0.25, 0.3) is 0 Å². The Morgan fingerprint density at radius 1 is 1.47 bits per heavy atom. The fourth-order valence-corrected chi connectivity index (χ4v) is 1.82. The van der Waals surface area contributed by atoms with E-state index >= 15 is 0 Å². The highest BCUT2D eigenvalue weighted by atomic mass is 19.1. The lowest BCUT2D eigenvalue weighted by atomic mass is 10.1. The smallest absolute Gasteiger partial charge is 0.190 e. The first-order valence-electron chi connectivity index (χ1n) is 5.79. The summed E-state index contributed by atoms with van der Waals surface area (Å²) in [5.74, 6) is -2.46. The van der Waals surface area contributed by atoms with Crippen LogP contribution < -0.4 is 10.5 Å².